The number of rotatable bonds is 5. The lowest BCUT2D eigenvalue weighted by Gasteiger charge is -2.11. The molecule has 28 heavy (non-hydrogen) atoms. The largest absolute Gasteiger partial charge is 0.439 e. The molecule has 2 aromatic carbocycles. The van der Waals surface area contributed by atoms with E-state index in [4.69, 9.17) is 4.74 Å². The van der Waals surface area contributed by atoms with E-state index < -0.39 is 5.82 Å². The second-order valence-electron chi connectivity index (χ2n) is 6.38. The number of hydrogen-bond donors (Lipinski definition) is 2. The summed E-state index contributed by atoms with van der Waals surface area (Å²) in [6, 6.07) is 17.1. The SMILES string of the molecule is Cc1[nH]c2ccccc2c1C(=O)NCc1cccnc1Oc1cccc(F)c1. The number of amides is 1. The molecule has 0 fully saturated rings. The molecule has 0 spiro atoms. The minimum atomic E-state index is -0.391. The number of H-pyrrole nitrogens is 1. The zero-order chi connectivity index (χ0) is 19.5. The van der Waals surface area contributed by atoms with Crippen molar-refractivity contribution in [2.45, 2.75) is 13.5 Å². The van der Waals surface area contributed by atoms with E-state index in [1.807, 2.05) is 37.3 Å². The number of aromatic amines is 1. The molecule has 2 heterocycles. The summed E-state index contributed by atoms with van der Waals surface area (Å²) in [7, 11) is 0. The van der Waals surface area contributed by atoms with Crippen LogP contribution in [0.5, 0.6) is 11.6 Å². The molecule has 2 N–H and O–H groups in total. The highest BCUT2D eigenvalue weighted by atomic mass is 19.1. The molecule has 140 valence electrons. The topological polar surface area (TPSA) is 67.0 Å². The molecule has 0 saturated heterocycles. The maximum absolute atomic E-state index is 13.4. The van der Waals surface area contributed by atoms with Crippen LogP contribution in [0.1, 0.15) is 21.6 Å². The highest BCUT2D eigenvalue weighted by molar-refractivity contribution is 6.08. The Morgan fingerprint density at radius 2 is 2.00 bits per heavy atom. The Kier molecular flexibility index (Phi) is 4.76. The van der Waals surface area contributed by atoms with Crippen LogP contribution in [0, 0.1) is 12.7 Å². The fourth-order valence-electron chi connectivity index (χ4n) is 3.13. The predicted octanol–water partition coefficient (Wildman–Crippen LogP) is 4.73. The number of nitrogens with one attached hydrogen (secondary N) is 2. The summed E-state index contributed by atoms with van der Waals surface area (Å²) in [6.07, 6.45) is 1.59. The third-order valence-electron chi connectivity index (χ3n) is 4.42. The van der Waals surface area contributed by atoms with Gasteiger partial charge in [-0.1, -0.05) is 30.3 Å². The smallest absolute Gasteiger partial charge is 0.253 e. The Bertz CT molecular complexity index is 1150. The van der Waals surface area contributed by atoms with Crippen LogP contribution in [-0.2, 0) is 6.54 Å². The Morgan fingerprint density at radius 3 is 2.86 bits per heavy atom. The zero-order valence-corrected chi connectivity index (χ0v) is 15.2. The van der Waals surface area contributed by atoms with Crippen molar-refractivity contribution in [3.8, 4) is 11.6 Å². The average Bonchev–Trinajstić information content (AvgIpc) is 3.03. The van der Waals surface area contributed by atoms with E-state index in [-0.39, 0.29) is 12.5 Å². The van der Waals surface area contributed by atoms with Gasteiger partial charge in [0.2, 0.25) is 5.88 Å². The second-order valence-corrected chi connectivity index (χ2v) is 6.38. The molecule has 0 aliphatic rings. The highest BCUT2D eigenvalue weighted by Gasteiger charge is 2.16. The Balaban J connectivity index is 1.53. The van der Waals surface area contributed by atoms with E-state index in [0.717, 1.165) is 16.6 Å². The molecular formula is C22H18FN3O2. The van der Waals surface area contributed by atoms with Crippen LogP contribution in [0.2, 0.25) is 0 Å². The van der Waals surface area contributed by atoms with E-state index >= 15 is 0 Å². The summed E-state index contributed by atoms with van der Waals surface area (Å²) in [5.74, 6) is 0.0939. The van der Waals surface area contributed by atoms with Gasteiger partial charge in [-0.3, -0.25) is 4.79 Å². The number of para-hydroxylation sites is 1. The van der Waals surface area contributed by atoms with Gasteiger partial charge < -0.3 is 15.0 Å². The van der Waals surface area contributed by atoms with Crippen LogP contribution < -0.4 is 10.1 Å². The normalized spacial score (nSPS) is 10.8. The van der Waals surface area contributed by atoms with E-state index in [0.29, 0.717) is 22.8 Å². The first-order valence-electron chi connectivity index (χ1n) is 8.84. The van der Waals surface area contributed by atoms with Crippen molar-refractivity contribution in [1.29, 1.82) is 0 Å². The van der Waals surface area contributed by atoms with Crippen molar-refractivity contribution < 1.29 is 13.9 Å². The van der Waals surface area contributed by atoms with Crippen LogP contribution in [0.15, 0.2) is 66.9 Å². The predicted molar refractivity (Wildman–Crippen MR) is 105 cm³/mol. The van der Waals surface area contributed by atoms with Crippen LogP contribution in [0.4, 0.5) is 4.39 Å². The fraction of sp³-hybridized carbons (Fsp3) is 0.0909. The maximum atomic E-state index is 13.4. The summed E-state index contributed by atoms with van der Waals surface area (Å²) in [6.45, 7) is 2.10. The third-order valence-corrected chi connectivity index (χ3v) is 4.42. The van der Waals surface area contributed by atoms with Gasteiger partial charge in [0.1, 0.15) is 11.6 Å². The number of nitrogens with zero attached hydrogens (tertiary/aromatic N) is 1. The molecular weight excluding hydrogens is 357 g/mol. The highest BCUT2D eigenvalue weighted by Crippen LogP contribution is 2.24. The number of hydrogen-bond acceptors (Lipinski definition) is 3. The second kappa shape index (κ2) is 7.52. The van der Waals surface area contributed by atoms with Gasteiger partial charge in [0.05, 0.1) is 5.56 Å². The quantitative estimate of drug-likeness (QED) is 0.530. The monoisotopic (exact) mass is 375 g/mol. The molecule has 4 aromatic rings. The van der Waals surface area contributed by atoms with Crippen molar-refractivity contribution in [2.75, 3.05) is 0 Å². The molecule has 0 radical (unpaired) electrons. The van der Waals surface area contributed by atoms with Gasteiger partial charge in [-0.2, -0.15) is 0 Å². The van der Waals surface area contributed by atoms with Gasteiger partial charge in [-0.25, -0.2) is 9.37 Å². The molecule has 0 unspecified atom stereocenters. The molecule has 0 aliphatic carbocycles. The maximum Gasteiger partial charge on any atom is 0.253 e. The minimum Gasteiger partial charge on any atom is -0.439 e. The van der Waals surface area contributed by atoms with Crippen LogP contribution in [-0.4, -0.2) is 15.9 Å². The summed E-state index contributed by atoms with van der Waals surface area (Å²) < 4.78 is 19.1. The molecule has 0 bridgehead atoms. The molecule has 2 aromatic heterocycles. The molecule has 6 heteroatoms. The van der Waals surface area contributed by atoms with Crippen molar-refractivity contribution in [1.82, 2.24) is 15.3 Å². The van der Waals surface area contributed by atoms with Crippen molar-refractivity contribution in [3.05, 3.63) is 89.5 Å². The van der Waals surface area contributed by atoms with Crippen molar-refractivity contribution in [3.63, 3.8) is 0 Å². The van der Waals surface area contributed by atoms with Crippen LogP contribution in [0.3, 0.4) is 0 Å². The van der Waals surface area contributed by atoms with Gasteiger partial charge in [-0.15, -0.1) is 0 Å². The lowest BCUT2D eigenvalue weighted by Crippen LogP contribution is -2.23. The van der Waals surface area contributed by atoms with E-state index in [1.165, 1.54) is 12.1 Å². The van der Waals surface area contributed by atoms with Gasteiger partial charge in [-0.05, 0) is 31.2 Å². The fourth-order valence-corrected chi connectivity index (χ4v) is 3.13. The van der Waals surface area contributed by atoms with Gasteiger partial charge in [0, 0.05) is 41.0 Å². The average molecular weight is 375 g/mol. The van der Waals surface area contributed by atoms with Crippen molar-refractivity contribution in [2.24, 2.45) is 0 Å². The van der Waals surface area contributed by atoms with E-state index in [9.17, 15) is 9.18 Å². The Labute approximate surface area is 161 Å². The molecule has 1 amide bonds. The van der Waals surface area contributed by atoms with E-state index in [1.54, 1.807) is 24.4 Å². The number of benzene rings is 2. The van der Waals surface area contributed by atoms with E-state index in [2.05, 4.69) is 15.3 Å². The van der Waals surface area contributed by atoms with Gasteiger partial charge in [0.25, 0.3) is 5.91 Å². The number of halogens is 1. The van der Waals surface area contributed by atoms with Crippen LogP contribution in [0.25, 0.3) is 10.9 Å². The number of pyridine rings is 1. The number of aromatic nitrogens is 2. The summed E-state index contributed by atoms with van der Waals surface area (Å²) in [4.78, 5) is 20.2. The lowest BCUT2D eigenvalue weighted by molar-refractivity contribution is 0.0952. The standard InChI is InChI=1S/C22H18FN3O2/c1-14-20(18-9-2-3-10-19(18)26-14)21(27)25-13-15-6-5-11-24-22(15)28-17-8-4-7-16(23)12-17/h2-12,26H,13H2,1H3,(H,25,27). The summed E-state index contributed by atoms with van der Waals surface area (Å²) in [5.41, 5.74) is 3.03. The Morgan fingerprint density at radius 1 is 1.14 bits per heavy atom. The molecule has 0 saturated carbocycles. The third kappa shape index (κ3) is 3.57. The molecule has 0 atom stereocenters. The first-order chi connectivity index (χ1) is 13.6. The van der Waals surface area contributed by atoms with Crippen molar-refractivity contribution >= 4 is 16.8 Å². The zero-order valence-electron chi connectivity index (χ0n) is 15.2. The number of carbonyl (C=O) groups excluding carboxylic acids is 1. The Hall–Kier alpha value is -3.67. The number of fused-ring (bicyclic) bond motifs is 1. The summed E-state index contributed by atoms with van der Waals surface area (Å²) >= 11 is 0. The molecule has 5 nitrogen and oxygen atoms in total. The number of aryl methyl sites for hydroxylation is 1. The molecule has 0 aliphatic heterocycles. The summed E-state index contributed by atoms with van der Waals surface area (Å²) in [5, 5.41) is 3.79. The molecule has 4 rings (SSSR count). The first kappa shape index (κ1) is 17.7. The lowest BCUT2D eigenvalue weighted by atomic mass is 10.1. The number of carbonyl (C=O) groups is 1. The van der Waals surface area contributed by atoms with Crippen LogP contribution >= 0.6 is 0 Å². The van der Waals surface area contributed by atoms with Gasteiger partial charge in [0.15, 0.2) is 0 Å². The minimum absolute atomic E-state index is 0.185. The van der Waals surface area contributed by atoms with Gasteiger partial charge >= 0.3 is 0 Å². The number of ether oxygens (including phenoxy) is 1. The first-order valence-corrected chi connectivity index (χ1v) is 8.84.